The third-order valence-electron chi connectivity index (χ3n) is 4.42. The molecule has 0 radical (unpaired) electrons. The zero-order valence-corrected chi connectivity index (χ0v) is 11.7. The van der Waals surface area contributed by atoms with Gasteiger partial charge in [0.1, 0.15) is 0 Å². The molecule has 1 saturated heterocycles. The van der Waals surface area contributed by atoms with E-state index < -0.39 is 0 Å². The Labute approximate surface area is 118 Å². The van der Waals surface area contributed by atoms with Gasteiger partial charge in [-0.1, -0.05) is 6.07 Å². The lowest BCUT2D eigenvalue weighted by molar-refractivity contribution is -0.141. The number of nitrogens with zero attached hydrogens (tertiary/aromatic N) is 2. The molecule has 0 aliphatic carbocycles. The van der Waals surface area contributed by atoms with Crippen LogP contribution in [0.15, 0.2) is 23.0 Å². The Morgan fingerprint density at radius 2 is 2.20 bits per heavy atom. The number of likely N-dealkylation sites (tertiary alicyclic amines) is 1. The first kappa shape index (κ1) is 13.4. The number of carbonyl (C=O) groups is 1. The molecule has 20 heavy (non-hydrogen) atoms. The van der Waals surface area contributed by atoms with E-state index in [2.05, 4.69) is 11.0 Å². The minimum absolute atomic E-state index is 0.111. The van der Waals surface area contributed by atoms with E-state index in [0.717, 1.165) is 38.3 Å². The smallest absolute Gasteiger partial charge is 0.306 e. The molecule has 5 heteroatoms. The number of aromatic nitrogens is 1. The third-order valence-corrected chi connectivity index (χ3v) is 4.42. The second kappa shape index (κ2) is 5.40. The SMILES string of the molecule is COC(=O)CCN1CC2CC(C1)c1cccc(=O)n1C2. The number of piperidine rings is 1. The lowest BCUT2D eigenvalue weighted by atomic mass is 9.83. The van der Waals surface area contributed by atoms with Crippen molar-refractivity contribution in [1.82, 2.24) is 9.47 Å². The van der Waals surface area contributed by atoms with Gasteiger partial charge in [0.05, 0.1) is 13.5 Å². The first-order valence-electron chi connectivity index (χ1n) is 7.16. The van der Waals surface area contributed by atoms with E-state index in [1.54, 1.807) is 6.07 Å². The summed E-state index contributed by atoms with van der Waals surface area (Å²) >= 11 is 0. The summed E-state index contributed by atoms with van der Waals surface area (Å²) in [6, 6.07) is 5.55. The highest BCUT2D eigenvalue weighted by molar-refractivity contribution is 5.69. The monoisotopic (exact) mass is 276 g/mol. The van der Waals surface area contributed by atoms with Crippen LogP contribution in [-0.4, -0.2) is 42.2 Å². The van der Waals surface area contributed by atoms with Gasteiger partial charge in [0.2, 0.25) is 0 Å². The molecule has 108 valence electrons. The van der Waals surface area contributed by atoms with Crippen LogP contribution in [0.3, 0.4) is 0 Å². The Kier molecular flexibility index (Phi) is 3.61. The molecular weight excluding hydrogens is 256 g/mol. The van der Waals surface area contributed by atoms with Crippen LogP contribution < -0.4 is 5.56 Å². The second-order valence-electron chi connectivity index (χ2n) is 5.78. The van der Waals surface area contributed by atoms with Gasteiger partial charge in [-0.15, -0.1) is 0 Å². The quantitative estimate of drug-likeness (QED) is 0.767. The van der Waals surface area contributed by atoms with Crippen LogP contribution >= 0.6 is 0 Å². The van der Waals surface area contributed by atoms with E-state index in [-0.39, 0.29) is 11.5 Å². The van der Waals surface area contributed by atoms with Crippen molar-refractivity contribution in [2.45, 2.75) is 25.3 Å². The van der Waals surface area contributed by atoms with Gasteiger partial charge in [-0.25, -0.2) is 0 Å². The fraction of sp³-hybridized carbons (Fsp3) is 0.600. The standard InChI is InChI=1S/C15H20N2O3/c1-20-15(19)5-6-16-8-11-7-12(10-16)13-3-2-4-14(18)17(13)9-11/h2-4,11-12H,5-10H2,1H3. The molecule has 3 heterocycles. The largest absolute Gasteiger partial charge is 0.469 e. The molecule has 2 bridgehead atoms. The number of pyridine rings is 1. The van der Waals surface area contributed by atoms with Gasteiger partial charge in [-0.05, 0) is 18.4 Å². The predicted molar refractivity (Wildman–Crippen MR) is 74.6 cm³/mol. The molecule has 0 saturated carbocycles. The van der Waals surface area contributed by atoms with Crippen molar-refractivity contribution < 1.29 is 9.53 Å². The Morgan fingerprint density at radius 3 is 3.00 bits per heavy atom. The van der Waals surface area contributed by atoms with Gasteiger partial charge < -0.3 is 14.2 Å². The molecule has 0 aromatic carbocycles. The number of hydrogen-bond acceptors (Lipinski definition) is 4. The van der Waals surface area contributed by atoms with Crippen LogP contribution in [0, 0.1) is 5.92 Å². The van der Waals surface area contributed by atoms with E-state index >= 15 is 0 Å². The lowest BCUT2D eigenvalue weighted by Gasteiger charge is -2.42. The highest BCUT2D eigenvalue weighted by Crippen LogP contribution is 2.34. The molecule has 0 N–H and O–H groups in total. The molecular formula is C15H20N2O3. The molecule has 2 atom stereocenters. The molecule has 2 aliphatic heterocycles. The van der Waals surface area contributed by atoms with Gasteiger partial charge >= 0.3 is 5.97 Å². The predicted octanol–water partition coefficient (Wildman–Crippen LogP) is 0.830. The first-order valence-corrected chi connectivity index (χ1v) is 7.16. The van der Waals surface area contributed by atoms with E-state index in [1.165, 1.54) is 7.11 Å². The summed E-state index contributed by atoms with van der Waals surface area (Å²) < 4.78 is 6.62. The summed E-state index contributed by atoms with van der Waals surface area (Å²) in [6.45, 7) is 3.45. The average molecular weight is 276 g/mol. The molecule has 1 aromatic rings. The molecule has 0 spiro atoms. The zero-order chi connectivity index (χ0) is 14.1. The molecule has 0 amide bonds. The summed E-state index contributed by atoms with van der Waals surface area (Å²) in [5, 5.41) is 0. The normalized spacial score (nSPS) is 25.1. The second-order valence-corrected chi connectivity index (χ2v) is 5.78. The van der Waals surface area contributed by atoms with Crippen molar-refractivity contribution in [2.75, 3.05) is 26.7 Å². The van der Waals surface area contributed by atoms with E-state index in [0.29, 0.717) is 18.3 Å². The van der Waals surface area contributed by atoms with E-state index in [4.69, 9.17) is 4.74 Å². The minimum atomic E-state index is -0.155. The number of rotatable bonds is 3. The van der Waals surface area contributed by atoms with Gasteiger partial charge in [0.15, 0.2) is 0 Å². The molecule has 2 unspecified atom stereocenters. The van der Waals surface area contributed by atoms with Gasteiger partial charge in [0.25, 0.3) is 5.56 Å². The summed E-state index contributed by atoms with van der Waals surface area (Å²) in [5.74, 6) is 0.769. The van der Waals surface area contributed by atoms with Crippen LogP contribution in [0.2, 0.25) is 0 Å². The number of methoxy groups -OCH3 is 1. The minimum Gasteiger partial charge on any atom is -0.469 e. The number of ether oxygens (including phenoxy) is 1. The van der Waals surface area contributed by atoms with E-state index in [1.807, 2.05) is 10.6 Å². The van der Waals surface area contributed by atoms with Gasteiger partial charge in [0, 0.05) is 43.9 Å². The average Bonchev–Trinajstić information content (AvgIpc) is 2.46. The summed E-state index contributed by atoms with van der Waals surface area (Å²) in [4.78, 5) is 25.5. The van der Waals surface area contributed by atoms with Crippen LogP contribution in [0.4, 0.5) is 0 Å². The van der Waals surface area contributed by atoms with Crippen LogP contribution in [0.25, 0.3) is 0 Å². The number of fused-ring (bicyclic) bond motifs is 4. The zero-order valence-electron chi connectivity index (χ0n) is 11.7. The molecule has 2 aliphatic rings. The first-order chi connectivity index (χ1) is 9.67. The maximum Gasteiger partial charge on any atom is 0.306 e. The van der Waals surface area contributed by atoms with Crippen LogP contribution in [0.5, 0.6) is 0 Å². The molecule has 5 nitrogen and oxygen atoms in total. The van der Waals surface area contributed by atoms with Crippen molar-refractivity contribution in [3.63, 3.8) is 0 Å². The number of esters is 1. The Bertz CT molecular complexity index is 566. The summed E-state index contributed by atoms with van der Waals surface area (Å²) in [5.41, 5.74) is 1.26. The lowest BCUT2D eigenvalue weighted by Crippen LogP contribution is -2.47. The Balaban J connectivity index is 1.74. The number of carbonyl (C=O) groups excluding carboxylic acids is 1. The Morgan fingerprint density at radius 1 is 1.35 bits per heavy atom. The Hall–Kier alpha value is -1.62. The molecule has 1 fully saturated rings. The highest BCUT2D eigenvalue weighted by Gasteiger charge is 2.34. The fourth-order valence-corrected chi connectivity index (χ4v) is 3.53. The van der Waals surface area contributed by atoms with Crippen LogP contribution in [-0.2, 0) is 16.1 Å². The third kappa shape index (κ3) is 2.50. The van der Waals surface area contributed by atoms with Crippen molar-refractivity contribution in [3.8, 4) is 0 Å². The maximum atomic E-state index is 11.9. The molecule has 3 rings (SSSR count). The fourth-order valence-electron chi connectivity index (χ4n) is 3.53. The maximum absolute atomic E-state index is 11.9. The summed E-state index contributed by atoms with van der Waals surface area (Å²) in [7, 11) is 1.43. The van der Waals surface area contributed by atoms with E-state index in [9.17, 15) is 9.59 Å². The molecule has 1 aromatic heterocycles. The topological polar surface area (TPSA) is 51.5 Å². The van der Waals surface area contributed by atoms with Crippen molar-refractivity contribution in [1.29, 1.82) is 0 Å². The van der Waals surface area contributed by atoms with Gasteiger partial charge in [-0.3, -0.25) is 9.59 Å². The van der Waals surface area contributed by atoms with Crippen molar-refractivity contribution >= 4 is 5.97 Å². The van der Waals surface area contributed by atoms with Crippen molar-refractivity contribution in [3.05, 3.63) is 34.2 Å². The highest BCUT2D eigenvalue weighted by atomic mass is 16.5. The van der Waals surface area contributed by atoms with Gasteiger partial charge in [-0.2, -0.15) is 0 Å². The van der Waals surface area contributed by atoms with Crippen molar-refractivity contribution in [2.24, 2.45) is 5.92 Å². The summed E-state index contributed by atoms with van der Waals surface area (Å²) in [6.07, 6.45) is 1.59. The van der Waals surface area contributed by atoms with Crippen LogP contribution in [0.1, 0.15) is 24.5 Å². The number of hydrogen-bond donors (Lipinski definition) is 0.